The second-order valence-corrected chi connectivity index (χ2v) is 3.78. The normalized spacial score (nSPS) is 9.75. The first kappa shape index (κ1) is 12.6. The molecule has 1 aromatic rings. The maximum atomic E-state index is 10.8. The molecule has 16 heavy (non-hydrogen) atoms. The molecular formula is C8H6Cl2N4O2. The monoisotopic (exact) mass is 260 g/mol. The van der Waals surface area contributed by atoms with E-state index in [1.807, 2.05) is 0 Å². The highest BCUT2D eigenvalue weighted by molar-refractivity contribution is 6.45. The SMILES string of the molecule is Cc1c(C)c([N+](=O)[O-])c(Cl)c(Cl)c1N=[N+]=[N-]. The minimum Gasteiger partial charge on any atom is -0.258 e. The minimum absolute atomic E-state index is 0.103. The van der Waals surface area contributed by atoms with Crippen molar-refractivity contribution in [1.29, 1.82) is 0 Å². The van der Waals surface area contributed by atoms with Gasteiger partial charge in [0.2, 0.25) is 0 Å². The number of azide groups is 1. The predicted molar refractivity (Wildman–Crippen MR) is 61.4 cm³/mol. The molecule has 6 nitrogen and oxygen atoms in total. The molecule has 0 atom stereocenters. The molecule has 0 spiro atoms. The molecule has 84 valence electrons. The molecule has 0 heterocycles. The van der Waals surface area contributed by atoms with Gasteiger partial charge >= 0.3 is 0 Å². The summed E-state index contributed by atoms with van der Waals surface area (Å²) in [5.74, 6) is 0. The van der Waals surface area contributed by atoms with Gasteiger partial charge in [0, 0.05) is 10.5 Å². The molecular weight excluding hydrogens is 255 g/mol. The van der Waals surface area contributed by atoms with Gasteiger partial charge < -0.3 is 0 Å². The molecule has 0 aliphatic rings. The largest absolute Gasteiger partial charge is 0.292 e. The Labute approximate surface area is 101 Å². The topological polar surface area (TPSA) is 91.9 Å². The fourth-order valence-corrected chi connectivity index (χ4v) is 1.84. The average molecular weight is 261 g/mol. The lowest BCUT2D eigenvalue weighted by Crippen LogP contribution is -1.96. The molecule has 0 bridgehead atoms. The Morgan fingerprint density at radius 2 is 1.88 bits per heavy atom. The van der Waals surface area contributed by atoms with Gasteiger partial charge in [-0.1, -0.05) is 28.3 Å². The molecule has 0 saturated heterocycles. The van der Waals surface area contributed by atoms with E-state index in [-0.39, 0.29) is 21.4 Å². The first-order valence-electron chi connectivity index (χ1n) is 4.09. The van der Waals surface area contributed by atoms with Crippen LogP contribution in [0, 0.1) is 24.0 Å². The molecule has 0 radical (unpaired) electrons. The van der Waals surface area contributed by atoms with Crippen molar-refractivity contribution in [3.63, 3.8) is 0 Å². The quantitative estimate of drug-likeness (QED) is 0.258. The zero-order valence-electron chi connectivity index (χ0n) is 8.36. The number of hydrogen-bond acceptors (Lipinski definition) is 3. The smallest absolute Gasteiger partial charge is 0.258 e. The predicted octanol–water partition coefficient (Wildman–Crippen LogP) is 4.46. The first-order chi connectivity index (χ1) is 7.41. The Morgan fingerprint density at radius 3 is 2.31 bits per heavy atom. The lowest BCUT2D eigenvalue weighted by Gasteiger charge is -2.09. The van der Waals surface area contributed by atoms with E-state index in [0.29, 0.717) is 11.1 Å². The maximum Gasteiger partial charge on any atom is 0.292 e. The van der Waals surface area contributed by atoms with E-state index >= 15 is 0 Å². The van der Waals surface area contributed by atoms with Gasteiger partial charge in [-0.05, 0) is 24.9 Å². The van der Waals surface area contributed by atoms with Crippen LogP contribution in [0.1, 0.15) is 11.1 Å². The fourth-order valence-electron chi connectivity index (χ4n) is 1.27. The summed E-state index contributed by atoms with van der Waals surface area (Å²) in [6.07, 6.45) is 0. The number of nitro groups is 1. The summed E-state index contributed by atoms with van der Waals surface area (Å²) in [6, 6.07) is 0. The minimum atomic E-state index is -0.615. The van der Waals surface area contributed by atoms with Crippen LogP contribution in [0.15, 0.2) is 5.11 Å². The zero-order valence-corrected chi connectivity index (χ0v) is 9.87. The Balaban J connectivity index is 3.76. The van der Waals surface area contributed by atoms with E-state index in [2.05, 4.69) is 10.0 Å². The van der Waals surface area contributed by atoms with Crippen LogP contribution in [0.25, 0.3) is 10.4 Å². The van der Waals surface area contributed by atoms with Crippen molar-refractivity contribution in [3.8, 4) is 0 Å². The van der Waals surface area contributed by atoms with Crippen molar-refractivity contribution in [2.24, 2.45) is 5.11 Å². The molecule has 1 aromatic carbocycles. The first-order valence-corrected chi connectivity index (χ1v) is 4.85. The molecule has 0 aliphatic carbocycles. The van der Waals surface area contributed by atoms with E-state index < -0.39 is 4.92 Å². The zero-order chi connectivity index (χ0) is 12.5. The van der Waals surface area contributed by atoms with E-state index in [1.165, 1.54) is 6.92 Å². The third kappa shape index (κ3) is 1.90. The highest BCUT2D eigenvalue weighted by atomic mass is 35.5. The van der Waals surface area contributed by atoms with E-state index in [0.717, 1.165) is 0 Å². The molecule has 0 aromatic heterocycles. The summed E-state index contributed by atoms with van der Waals surface area (Å²) in [6.45, 7) is 3.10. The van der Waals surface area contributed by atoms with Crippen LogP contribution in [-0.2, 0) is 0 Å². The van der Waals surface area contributed by atoms with Gasteiger partial charge in [0.25, 0.3) is 5.69 Å². The van der Waals surface area contributed by atoms with Crippen LogP contribution >= 0.6 is 23.2 Å². The van der Waals surface area contributed by atoms with Gasteiger partial charge in [-0.2, -0.15) is 0 Å². The molecule has 0 unspecified atom stereocenters. The molecule has 0 saturated carbocycles. The van der Waals surface area contributed by atoms with Crippen LogP contribution in [0.4, 0.5) is 11.4 Å². The summed E-state index contributed by atoms with van der Waals surface area (Å²) >= 11 is 11.5. The van der Waals surface area contributed by atoms with Crippen LogP contribution in [0.2, 0.25) is 10.0 Å². The number of rotatable bonds is 2. The molecule has 0 fully saturated rings. The Kier molecular flexibility index (Phi) is 3.59. The number of hydrogen-bond donors (Lipinski definition) is 0. The van der Waals surface area contributed by atoms with E-state index in [1.54, 1.807) is 6.92 Å². The summed E-state index contributed by atoms with van der Waals surface area (Å²) in [4.78, 5) is 12.8. The molecule has 0 N–H and O–H groups in total. The highest BCUT2D eigenvalue weighted by Crippen LogP contribution is 2.44. The van der Waals surface area contributed by atoms with Gasteiger partial charge in [-0.15, -0.1) is 0 Å². The van der Waals surface area contributed by atoms with Crippen molar-refractivity contribution in [2.45, 2.75) is 13.8 Å². The second-order valence-electron chi connectivity index (χ2n) is 3.02. The summed E-state index contributed by atoms with van der Waals surface area (Å²) in [5, 5.41) is 13.8. The summed E-state index contributed by atoms with van der Waals surface area (Å²) in [5.41, 5.74) is 8.99. The summed E-state index contributed by atoms with van der Waals surface area (Å²) in [7, 11) is 0. The van der Waals surface area contributed by atoms with E-state index in [4.69, 9.17) is 28.7 Å². The van der Waals surface area contributed by atoms with Crippen LogP contribution in [-0.4, -0.2) is 4.92 Å². The van der Waals surface area contributed by atoms with Crippen molar-refractivity contribution in [1.82, 2.24) is 0 Å². The molecule has 0 aliphatic heterocycles. The third-order valence-corrected chi connectivity index (χ3v) is 3.04. The van der Waals surface area contributed by atoms with Gasteiger partial charge in [-0.25, -0.2) is 0 Å². The van der Waals surface area contributed by atoms with Crippen molar-refractivity contribution < 1.29 is 4.92 Å². The van der Waals surface area contributed by atoms with Gasteiger partial charge in [-0.3, -0.25) is 10.1 Å². The third-order valence-electron chi connectivity index (χ3n) is 2.21. The van der Waals surface area contributed by atoms with Crippen molar-refractivity contribution in [2.75, 3.05) is 0 Å². The summed E-state index contributed by atoms with van der Waals surface area (Å²) < 4.78 is 0. The molecule has 0 amide bonds. The van der Waals surface area contributed by atoms with Crippen LogP contribution < -0.4 is 0 Å². The van der Waals surface area contributed by atoms with E-state index in [9.17, 15) is 10.1 Å². The second kappa shape index (κ2) is 4.57. The van der Waals surface area contributed by atoms with Gasteiger partial charge in [0.15, 0.2) is 0 Å². The molecule has 1 rings (SSSR count). The average Bonchev–Trinajstić information content (AvgIpc) is 2.21. The standard InChI is InChI=1S/C8H6Cl2N4O2/c1-3-4(2)8(14(15)16)6(10)5(9)7(3)12-13-11/h1-2H3. The lowest BCUT2D eigenvalue weighted by atomic mass is 10.1. The highest BCUT2D eigenvalue weighted by Gasteiger charge is 2.24. The lowest BCUT2D eigenvalue weighted by molar-refractivity contribution is -0.385. The van der Waals surface area contributed by atoms with Crippen molar-refractivity contribution in [3.05, 3.63) is 41.7 Å². The van der Waals surface area contributed by atoms with Crippen LogP contribution in [0.3, 0.4) is 0 Å². The number of halogens is 2. The van der Waals surface area contributed by atoms with Crippen molar-refractivity contribution >= 4 is 34.6 Å². The van der Waals surface area contributed by atoms with Gasteiger partial charge in [0.1, 0.15) is 5.02 Å². The Bertz CT molecular complexity index is 461. The number of benzene rings is 1. The van der Waals surface area contributed by atoms with Gasteiger partial charge in [0.05, 0.1) is 15.6 Å². The van der Waals surface area contributed by atoms with Crippen LogP contribution in [0.5, 0.6) is 0 Å². The Morgan fingerprint density at radius 1 is 1.31 bits per heavy atom. The number of nitro benzene ring substituents is 1. The fraction of sp³-hybridized carbons (Fsp3) is 0.250. The molecule has 8 heteroatoms. The number of nitrogens with zero attached hydrogens (tertiary/aromatic N) is 4. The maximum absolute atomic E-state index is 10.8. The Hall–Kier alpha value is -1.49.